The van der Waals surface area contributed by atoms with E-state index in [0.717, 1.165) is 23.3 Å². The van der Waals surface area contributed by atoms with Crippen LogP contribution in [0.1, 0.15) is 51.3 Å². The van der Waals surface area contributed by atoms with Crippen LogP contribution in [0.4, 0.5) is 5.69 Å². The second-order valence-corrected chi connectivity index (χ2v) is 9.21. The van der Waals surface area contributed by atoms with Gasteiger partial charge in [-0.05, 0) is 30.7 Å². The van der Waals surface area contributed by atoms with Crippen molar-refractivity contribution >= 4 is 23.4 Å². The van der Waals surface area contributed by atoms with Crippen LogP contribution in [0.25, 0.3) is 11.3 Å². The number of carbonyl (C=O) groups excluding carboxylic acids is 1. The molecule has 34 heavy (non-hydrogen) atoms. The van der Waals surface area contributed by atoms with E-state index in [-0.39, 0.29) is 12.7 Å². The molecular weight excluding hydrogens is 452 g/mol. The summed E-state index contributed by atoms with van der Waals surface area (Å²) in [4.78, 5) is 19.2. The molecule has 0 N–H and O–H groups in total. The number of hydrogen-bond donors (Lipinski definition) is 0. The molecule has 0 spiro atoms. The number of aromatic nitrogens is 3. The SMILES string of the molecule is CCCCCCSc1nnc2c(n1)O[C@@H](c1ccc3c(c1)OCO3)N(C(C)=O)c1ccccc1-2. The lowest BCUT2D eigenvalue weighted by atomic mass is 10.1. The van der Waals surface area contributed by atoms with Crippen LogP contribution < -0.4 is 19.1 Å². The smallest absolute Gasteiger partial charge is 0.247 e. The van der Waals surface area contributed by atoms with E-state index in [1.165, 1.54) is 26.2 Å². The van der Waals surface area contributed by atoms with Crippen molar-refractivity contribution in [2.24, 2.45) is 0 Å². The van der Waals surface area contributed by atoms with E-state index < -0.39 is 6.23 Å². The number of carbonyl (C=O) groups is 1. The largest absolute Gasteiger partial charge is 0.454 e. The number of para-hydroxylation sites is 1. The third kappa shape index (κ3) is 4.40. The predicted octanol–water partition coefficient (Wildman–Crippen LogP) is 5.38. The monoisotopic (exact) mass is 478 g/mol. The zero-order chi connectivity index (χ0) is 23.5. The van der Waals surface area contributed by atoms with E-state index in [2.05, 4.69) is 17.1 Å². The Labute approximate surface area is 202 Å². The molecule has 1 atom stereocenters. The Bertz CT molecular complexity index is 1210. The number of anilines is 1. The fraction of sp³-hybridized carbons (Fsp3) is 0.360. The van der Waals surface area contributed by atoms with Crippen LogP contribution in [0.3, 0.4) is 0 Å². The molecule has 1 amide bonds. The molecular formula is C25H26N4O4S. The van der Waals surface area contributed by atoms with Gasteiger partial charge < -0.3 is 14.2 Å². The first-order valence-corrected chi connectivity index (χ1v) is 12.5. The average Bonchev–Trinajstić information content (AvgIpc) is 3.26. The van der Waals surface area contributed by atoms with Crippen molar-refractivity contribution in [1.29, 1.82) is 0 Å². The van der Waals surface area contributed by atoms with E-state index in [1.54, 1.807) is 16.7 Å². The van der Waals surface area contributed by atoms with Crippen molar-refractivity contribution < 1.29 is 19.0 Å². The van der Waals surface area contributed by atoms with Gasteiger partial charge in [0.1, 0.15) is 0 Å². The van der Waals surface area contributed by atoms with Crippen LogP contribution in [0.15, 0.2) is 47.6 Å². The Kier molecular flexibility index (Phi) is 6.53. The molecule has 0 fully saturated rings. The second-order valence-electron chi connectivity index (χ2n) is 8.15. The fourth-order valence-electron chi connectivity index (χ4n) is 4.09. The average molecular weight is 479 g/mol. The van der Waals surface area contributed by atoms with Crippen LogP contribution in [-0.4, -0.2) is 33.6 Å². The van der Waals surface area contributed by atoms with Crippen molar-refractivity contribution in [2.75, 3.05) is 17.4 Å². The van der Waals surface area contributed by atoms with Crippen molar-refractivity contribution in [3.63, 3.8) is 0 Å². The van der Waals surface area contributed by atoms with Crippen LogP contribution in [0.2, 0.25) is 0 Å². The standard InChI is InChI=1S/C25H26N4O4S/c1-3-4-5-8-13-34-25-26-23-22(27-28-25)18-9-6-7-10-19(18)29(16(2)30)24(33-23)17-11-12-20-21(14-17)32-15-31-20/h6-7,9-12,14,24H,3-5,8,13,15H2,1-2H3/t24-/m0/s1. The van der Waals surface area contributed by atoms with Gasteiger partial charge in [-0.2, -0.15) is 4.98 Å². The molecule has 2 aromatic carbocycles. The zero-order valence-electron chi connectivity index (χ0n) is 19.2. The van der Waals surface area contributed by atoms with Gasteiger partial charge in [0.25, 0.3) is 0 Å². The van der Waals surface area contributed by atoms with Crippen LogP contribution >= 0.6 is 11.8 Å². The summed E-state index contributed by atoms with van der Waals surface area (Å²) in [6.45, 7) is 3.89. The number of benzene rings is 2. The minimum absolute atomic E-state index is 0.165. The number of ether oxygens (including phenoxy) is 3. The highest BCUT2D eigenvalue weighted by atomic mass is 32.2. The molecule has 0 bridgehead atoms. The van der Waals surface area contributed by atoms with Gasteiger partial charge in [-0.15, -0.1) is 10.2 Å². The highest BCUT2D eigenvalue weighted by molar-refractivity contribution is 7.99. The summed E-state index contributed by atoms with van der Waals surface area (Å²) in [5.41, 5.74) is 2.69. The Morgan fingerprint density at radius 2 is 1.94 bits per heavy atom. The molecule has 0 unspecified atom stereocenters. The Hall–Kier alpha value is -3.33. The van der Waals surface area contributed by atoms with E-state index in [0.29, 0.717) is 33.9 Å². The summed E-state index contributed by atoms with van der Waals surface area (Å²) in [5.74, 6) is 2.39. The molecule has 176 valence electrons. The maximum atomic E-state index is 12.9. The maximum Gasteiger partial charge on any atom is 0.247 e. The van der Waals surface area contributed by atoms with E-state index in [1.807, 2.05) is 42.5 Å². The zero-order valence-corrected chi connectivity index (χ0v) is 20.0. The minimum atomic E-state index is -0.756. The van der Waals surface area contributed by atoms with Gasteiger partial charge in [0.05, 0.1) is 5.69 Å². The van der Waals surface area contributed by atoms with E-state index in [9.17, 15) is 4.79 Å². The minimum Gasteiger partial charge on any atom is -0.454 e. The molecule has 8 nitrogen and oxygen atoms in total. The number of unbranched alkanes of at least 4 members (excludes halogenated alkanes) is 3. The molecule has 2 aliphatic heterocycles. The lowest BCUT2D eigenvalue weighted by Gasteiger charge is -2.29. The normalized spacial score (nSPS) is 15.8. The molecule has 3 aromatic rings. The number of amides is 1. The fourth-order valence-corrected chi connectivity index (χ4v) is 4.87. The highest BCUT2D eigenvalue weighted by Gasteiger charge is 2.35. The summed E-state index contributed by atoms with van der Waals surface area (Å²) < 4.78 is 17.4. The van der Waals surface area contributed by atoms with Crippen LogP contribution in [0.5, 0.6) is 17.4 Å². The third-order valence-electron chi connectivity index (χ3n) is 5.76. The van der Waals surface area contributed by atoms with Crippen molar-refractivity contribution in [2.45, 2.75) is 50.9 Å². The number of nitrogens with zero attached hydrogens (tertiary/aromatic N) is 4. The third-order valence-corrected chi connectivity index (χ3v) is 6.69. The van der Waals surface area contributed by atoms with Crippen molar-refractivity contribution in [3.8, 4) is 28.6 Å². The van der Waals surface area contributed by atoms with Gasteiger partial charge in [0.15, 0.2) is 17.2 Å². The summed E-state index contributed by atoms with van der Waals surface area (Å²) in [6.07, 6.45) is 3.95. The molecule has 0 saturated heterocycles. The summed E-state index contributed by atoms with van der Waals surface area (Å²) in [5, 5.41) is 9.38. The molecule has 0 radical (unpaired) electrons. The van der Waals surface area contributed by atoms with Gasteiger partial charge in [-0.3, -0.25) is 9.69 Å². The number of thioether (sulfide) groups is 1. The van der Waals surface area contributed by atoms with Gasteiger partial charge >= 0.3 is 0 Å². The molecule has 5 rings (SSSR count). The lowest BCUT2D eigenvalue weighted by molar-refractivity contribution is -0.118. The van der Waals surface area contributed by atoms with Crippen molar-refractivity contribution in [3.05, 3.63) is 48.0 Å². The molecule has 0 saturated carbocycles. The highest BCUT2D eigenvalue weighted by Crippen LogP contribution is 2.44. The summed E-state index contributed by atoms with van der Waals surface area (Å²) >= 11 is 1.57. The summed E-state index contributed by atoms with van der Waals surface area (Å²) in [6, 6.07) is 13.1. The first-order valence-electron chi connectivity index (χ1n) is 11.5. The van der Waals surface area contributed by atoms with E-state index in [4.69, 9.17) is 19.2 Å². The number of fused-ring (bicyclic) bond motifs is 4. The molecule has 0 aliphatic carbocycles. The Morgan fingerprint density at radius 3 is 2.79 bits per heavy atom. The molecule has 9 heteroatoms. The second kappa shape index (κ2) is 9.89. The van der Waals surface area contributed by atoms with Gasteiger partial charge in [-0.1, -0.05) is 56.1 Å². The first-order chi connectivity index (χ1) is 16.7. The predicted molar refractivity (Wildman–Crippen MR) is 129 cm³/mol. The summed E-state index contributed by atoms with van der Waals surface area (Å²) in [7, 11) is 0. The first kappa shape index (κ1) is 22.5. The van der Waals surface area contributed by atoms with Crippen LogP contribution in [0, 0.1) is 0 Å². The Morgan fingerprint density at radius 1 is 1.09 bits per heavy atom. The van der Waals surface area contributed by atoms with Crippen LogP contribution in [-0.2, 0) is 4.79 Å². The quantitative estimate of drug-likeness (QED) is 0.330. The van der Waals surface area contributed by atoms with Gasteiger partial charge in [0.2, 0.25) is 30.0 Å². The number of rotatable bonds is 7. The van der Waals surface area contributed by atoms with Crippen molar-refractivity contribution in [1.82, 2.24) is 15.2 Å². The topological polar surface area (TPSA) is 86.7 Å². The van der Waals surface area contributed by atoms with E-state index >= 15 is 0 Å². The lowest BCUT2D eigenvalue weighted by Crippen LogP contribution is -2.36. The van der Waals surface area contributed by atoms with Gasteiger partial charge in [0, 0.05) is 23.8 Å². The van der Waals surface area contributed by atoms with Gasteiger partial charge in [-0.25, -0.2) is 0 Å². The molecule has 3 heterocycles. The maximum absolute atomic E-state index is 12.9. The number of hydrogen-bond acceptors (Lipinski definition) is 8. The molecule has 1 aromatic heterocycles. The Balaban J connectivity index is 1.54. The molecule has 2 aliphatic rings.